The topological polar surface area (TPSA) is 92.3 Å². The van der Waals surface area contributed by atoms with E-state index in [1.165, 1.54) is 18.2 Å². The van der Waals surface area contributed by atoms with Gasteiger partial charge in [0.15, 0.2) is 9.84 Å². The summed E-state index contributed by atoms with van der Waals surface area (Å²) in [5, 5.41) is 5.45. The number of aryl methyl sites for hydroxylation is 1. The first-order chi connectivity index (χ1) is 12.2. The minimum absolute atomic E-state index is 0.0248. The van der Waals surface area contributed by atoms with E-state index in [1.807, 2.05) is 13.0 Å². The van der Waals surface area contributed by atoms with Gasteiger partial charge in [0.05, 0.1) is 15.6 Å². The standard InChI is InChI=1S/C18H19ClN2O4S/c1-12-4-3-5-13(10-12)18(23)20-9-8-17(22)21-16-11-14(26(2,24)25)6-7-15(16)19/h3-7,10-11H,8-9H2,1-2H3,(H,20,23)(H,21,22). The van der Waals surface area contributed by atoms with Crippen molar-refractivity contribution >= 4 is 38.9 Å². The summed E-state index contributed by atoms with van der Waals surface area (Å²) >= 11 is 5.99. The third-order valence-corrected chi connectivity index (χ3v) is 5.00. The summed E-state index contributed by atoms with van der Waals surface area (Å²) in [5.74, 6) is -0.652. The maximum atomic E-state index is 12.0. The van der Waals surface area contributed by atoms with E-state index < -0.39 is 9.84 Å². The molecule has 0 aliphatic carbocycles. The largest absolute Gasteiger partial charge is 0.352 e. The van der Waals surface area contributed by atoms with Gasteiger partial charge in [-0.2, -0.15) is 0 Å². The molecule has 0 saturated carbocycles. The molecule has 0 radical (unpaired) electrons. The molecule has 0 saturated heterocycles. The Morgan fingerprint density at radius 1 is 1.12 bits per heavy atom. The zero-order chi connectivity index (χ0) is 19.3. The van der Waals surface area contributed by atoms with Gasteiger partial charge in [-0.3, -0.25) is 9.59 Å². The van der Waals surface area contributed by atoms with Crippen LogP contribution in [-0.4, -0.2) is 33.0 Å². The monoisotopic (exact) mass is 394 g/mol. The van der Waals surface area contributed by atoms with E-state index in [9.17, 15) is 18.0 Å². The van der Waals surface area contributed by atoms with Crippen LogP contribution >= 0.6 is 11.6 Å². The van der Waals surface area contributed by atoms with E-state index in [4.69, 9.17) is 11.6 Å². The zero-order valence-electron chi connectivity index (χ0n) is 14.4. The Morgan fingerprint density at radius 3 is 2.50 bits per heavy atom. The van der Waals surface area contributed by atoms with E-state index in [1.54, 1.807) is 18.2 Å². The number of anilines is 1. The molecule has 2 aromatic carbocycles. The first kappa shape index (κ1) is 19.9. The molecule has 2 amide bonds. The van der Waals surface area contributed by atoms with Gasteiger partial charge in [-0.15, -0.1) is 0 Å². The number of hydrogen-bond acceptors (Lipinski definition) is 4. The predicted octanol–water partition coefficient (Wildman–Crippen LogP) is 2.81. The molecule has 0 bridgehead atoms. The van der Waals surface area contributed by atoms with Gasteiger partial charge in [-0.25, -0.2) is 8.42 Å². The first-order valence-corrected chi connectivity index (χ1v) is 10.1. The molecule has 2 rings (SSSR count). The van der Waals surface area contributed by atoms with Gasteiger partial charge in [0.1, 0.15) is 0 Å². The first-order valence-electron chi connectivity index (χ1n) is 7.81. The molecule has 0 aromatic heterocycles. The van der Waals surface area contributed by atoms with Gasteiger partial charge in [0.25, 0.3) is 5.91 Å². The van der Waals surface area contributed by atoms with Crippen LogP contribution in [0.5, 0.6) is 0 Å². The van der Waals surface area contributed by atoms with Crippen LogP contribution in [0.4, 0.5) is 5.69 Å². The normalized spacial score (nSPS) is 11.0. The average Bonchev–Trinajstić information content (AvgIpc) is 2.55. The second-order valence-electron chi connectivity index (χ2n) is 5.84. The molecule has 26 heavy (non-hydrogen) atoms. The Bertz CT molecular complexity index is 942. The van der Waals surface area contributed by atoms with Crippen molar-refractivity contribution < 1.29 is 18.0 Å². The van der Waals surface area contributed by atoms with Crippen LogP contribution < -0.4 is 10.6 Å². The minimum Gasteiger partial charge on any atom is -0.352 e. The number of rotatable bonds is 6. The quantitative estimate of drug-likeness (QED) is 0.787. The maximum Gasteiger partial charge on any atom is 0.251 e. The maximum absolute atomic E-state index is 12.0. The van der Waals surface area contributed by atoms with Gasteiger partial charge in [0.2, 0.25) is 5.91 Å². The molecule has 138 valence electrons. The summed E-state index contributed by atoms with van der Waals surface area (Å²) in [4.78, 5) is 24.1. The lowest BCUT2D eigenvalue weighted by Crippen LogP contribution is -2.27. The number of sulfone groups is 1. The molecule has 0 heterocycles. The number of carbonyl (C=O) groups is 2. The van der Waals surface area contributed by atoms with Gasteiger partial charge in [0, 0.05) is 24.8 Å². The number of amides is 2. The third kappa shape index (κ3) is 5.57. The van der Waals surface area contributed by atoms with Crippen molar-refractivity contribution in [1.29, 1.82) is 0 Å². The predicted molar refractivity (Wildman–Crippen MR) is 101 cm³/mol. The second-order valence-corrected chi connectivity index (χ2v) is 8.26. The zero-order valence-corrected chi connectivity index (χ0v) is 15.9. The van der Waals surface area contributed by atoms with Gasteiger partial charge < -0.3 is 10.6 Å². The fraction of sp³-hybridized carbons (Fsp3) is 0.222. The second kappa shape index (κ2) is 8.33. The van der Waals surface area contributed by atoms with Crippen molar-refractivity contribution in [1.82, 2.24) is 5.32 Å². The number of benzene rings is 2. The molecule has 8 heteroatoms. The van der Waals surface area contributed by atoms with Gasteiger partial charge >= 0.3 is 0 Å². The summed E-state index contributed by atoms with van der Waals surface area (Å²) in [6, 6.07) is 11.2. The smallest absolute Gasteiger partial charge is 0.251 e. The Labute approximate surface area is 157 Å². The SMILES string of the molecule is Cc1cccc(C(=O)NCCC(=O)Nc2cc(S(C)(=O)=O)ccc2Cl)c1. The summed E-state index contributed by atoms with van der Waals surface area (Å²) in [6.07, 6.45) is 1.10. The highest BCUT2D eigenvalue weighted by atomic mass is 35.5. The molecular weight excluding hydrogens is 376 g/mol. The number of halogens is 1. The van der Waals surface area contributed by atoms with Crippen LogP contribution in [0.1, 0.15) is 22.3 Å². The van der Waals surface area contributed by atoms with Crippen molar-refractivity contribution in [3.63, 3.8) is 0 Å². The molecular formula is C18H19ClN2O4S. The van der Waals surface area contributed by atoms with Crippen molar-refractivity contribution in [3.8, 4) is 0 Å². The molecule has 2 N–H and O–H groups in total. The van der Waals surface area contributed by atoms with Crippen LogP contribution in [0.2, 0.25) is 5.02 Å². The van der Waals surface area contributed by atoms with Crippen LogP contribution in [-0.2, 0) is 14.6 Å². The molecule has 0 aliphatic heterocycles. The van der Waals surface area contributed by atoms with E-state index in [2.05, 4.69) is 10.6 Å². The summed E-state index contributed by atoms with van der Waals surface area (Å²) in [5.41, 5.74) is 1.70. The Hall–Kier alpha value is -2.38. The number of nitrogens with one attached hydrogen (secondary N) is 2. The molecule has 2 aromatic rings. The average molecular weight is 395 g/mol. The molecule has 0 aliphatic rings. The molecule has 0 spiro atoms. The fourth-order valence-electron chi connectivity index (χ4n) is 2.22. The van der Waals surface area contributed by atoms with Crippen LogP contribution in [0.3, 0.4) is 0 Å². The number of carbonyl (C=O) groups excluding carboxylic acids is 2. The van der Waals surface area contributed by atoms with E-state index in [-0.39, 0.29) is 40.4 Å². The lowest BCUT2D eigenvalue weighted by Gasteiger charge is -2.10. The summed E-state index contributed by atoms with van der Waals surface area (Å²) < 4.78 is 23.2. The van der Waals surface area contributed by atoms with Crippen LogP contribution in [0, 0.1) is 6.92 Å². The van der Waals surface area contributed by atoms with E-state index in [0.717, 1.165) is 11.8 Å². The van der Waals surface area contributed by atoms with Gasteiger partial charge in [-0.05, 0) is 37.3 Å². The molecule has 0 unspecified atom stereocenters. The fourth-order valence-corrected chi connectivity index (χ4v) is 3.03. The molecule has 0 atom stereocenters. The number of hydrogen-bond donors (Lipinski definition) is 2. The molecule has 6 nitrogen and oxygen atoms in total. The summed E-state index contributed by atoms with van der Waals surface area (Å²) in [7, 11) is -3.41. The Morgan fingerprint density at radius 2 is 1.85 bits per heavy atom. The van der Waals surface area contributed by atoms with Crippen LogP contribution in [0.15, 0.2) is 47.4 Å². The highest BCUT2D eigenvalue weighted by molar-refractivity contribution is 7.90. The van der Waals surface area contributed by atoms with Crippen molar-refractivity contribution in [2.45, 2.75) is 18.2 Å². The van der Waals surface area contributed by atoms with E-state index in [0.29, 0.717) is 5.56 Å². The van der Waals surface area contributed by atoms with Crippen molar-refractivity contribution in [2.24, 2.45) is 0 Å². The van der Waals surface area contributed by atoms with Crippen molar-refractivity contribution in [3.05, 3.63) is 58.6 Å². The van der Waals surface area contributed by atoms with Gasteiger partial charge in [-0.1, -0.05) is 29.3 Å². The third-order valence-electron chi connectivity index (χ3n) is 3.56. The highest BCUT2D eigenvalue weighted by Crippen LogP contribution is 2.25. The Balaban J connectivity index is 1.92. The Kier molecular flexibility index (Phi) is 6.39. The van der Waals surface area contributed by atoms with Crippen LogP contribution in [0.25, 0.3) is 0 Å². The summed E-state index contributed by atoms with van der Waals surface area (Å²) in [6.45, 7) is 2.03. The minimum atomic E-state index is -3.41. The lowest BCUT2D eigenvalue weighted by atomic mass is 10.1. The van der Waals surface area contributed by atoms with Crippen molar-refractivity contribution in [2.75, 3.05) is 18.1 Å². The highest BCUT2D eigenvalue weighted by Gasteiger charge is 2.13. The lowest BCUT2D eigenvalue weighted by molar-refractivity contribution is -0.116. The van der Waals surface area contributed by atoms with E-state index >= 15 is 0 Å². The molecule has 0 fully saturated rings.